The molecule has 0 fully saturated rings. The van der Waals surface area contributed by atoms with Gasteiger partial charge in [0.05, 0.1) is 23.4 Å². The highest BCUT2D eigenvalue weighted by atomic mass is 127. The van der Waals surface area contributed by atoms with Gasteiger partial charge in [0.25, 0.3) is 0 Å². The summed E-state index contributed by atoms with van der Waals surface area (Å²) in [6.45, 7) is 1.02. The van der Waals surface area contributed by atoms with Gasteiger partial charge in [-0.1, -0.05) is 57.9 Å². The second-order valence-corrected chi connectivity index (χ2v) is 8.62. The molecule has 0 spiro atoms. The zero-order valence-corrected chi connectivity index (χ0v) is 20.2. The van der Waals surface area contributed by atoms with Gasteiger partial charge in [-0.15, -0.1) is 0 Å². The van der Waals surface area contributed by atoms with Crippen LogP contribution in [0.15, 0.2) is 70.2 Å². The van der Waals surface area contributed by atoms with Gasteiger partial charge in [-0.25, -0.2) is 0 Å². The Kier molecular flexibility index (Phi) is 8.20. The normalized spacial score (nSPS) is 10.9. The van der Waals surface area contributed by atoms with Crippen molar-refractivity contribution >= 4 is 56.3 Å². The smallest absolute Gasteiger partial charge is 0.174 e. The lowest BCUT2D eigenvalue weighted by Gasteiger charge is -2.13. The largest absolute Gasteiger partial charge is 0.493 e. The Hall–Kier alpha value is -1.77. The average Bonchev–Trinajstić information content (AvgIpc) is 2.72. The minimum absolute atomic E-state index is 0.465. The van der Waals surface area contributed by atoms with Gasteiger partial charge < -0.3 is 14.9 Å². The minimum Gasteiger partial charge on any atom is -0.493 e. The lowest BCUT2D eigenvalue weighted by molar-refractivity contribution is 0.282. The lowest BCUT2D eigenvalue weighted by atomic mass is 10.2. The zero-order chi connectivity index (χ0) is 20.6. The van der Waals surface area contributed by atoms with E-state index in [0.29, 0.717) is 18.9 Å². The van der Waals surface area contributed by atoms with Crippen molar-refractivity contribution in [1.82, 2.24) is 5.43 Å². The summed E-state index contributed by atoms with van der Waals surface area (Å²) in [5.41, 5.74) is 6.01. The van der Waals surface area contributed by atoms with E-state index < -0.39 is 0 Å². The third kappa shape index (κ3) is 6.35. The highest BCUT2D eigenvalue weighted by Gasteiger charge is 2.11. The van der Waals surface area contributed by atoms with Crippen LogP contribution in [0.2, 0.25) is 5.02 Å². The van der Waals surface area contributed by atoms with Crippen LogP contribution >= 0.6 is 50.1 Å². The molecule has 0 bridgehead atoms. The number of benzene rings is 3. The summed E-state index contributed by atoms with van der Waals surface area (Å²) in [4.78, 5) is 0. The van der Waals surface area contributed by atoms with Crippen LogP contribution in [0.1, 0.15) is 16.7 Å². The maximum Gasteiger partial charge on any atom is 0.174 e. The Morgan fingerprint density at radius 3 is 2.62 bits per heavy atom. The van der Waals surface area contributed by atoms with Gasteiger partial charge in [0.2, 0.25) is 0 Å². The molecule has 4 nitrogen and oxygen atoms in total. The molecule has 0 aliphatic carbocycles. The monoisotopic (exact) mass is 584 g/mol. The van der Waals surface area contributed by atoms with E-state index in [2.05, 4.69) is 49.0 Å². The number of nitrogens with zero attached hydrogens (tertiary/aromatic N) is 1. The summed E-state index contributed by atoms with van der Waals surface area (Å²) >= 11 is 11.8. The Bertz CT molecular complexity index is 997. The third-order valence-electron chi connectivity index (χ3n) is 4.08. The summed E-state index contributed by atoms with van der Waals surface area (Å²) in [6, 6.07) is 19.6. The first-order chi connectivity index (χ1) is 14.1. The molecule has 0 aliphatic heterocycles. The van der Waals surface area contributed by atoms with Gasteiger partial charge >= 0.3 is 0 Å². The molecule has 0 atom stereocenters. The molecule has 29 heavy (non-hydrogen) atoms. The molecule has 3 aromatic carbocycles. The summed E-state index contributed by atoms with van der Waals surface area (Å²) < 4.78 is 13.5. The fourth-order valence-corrected chi connectivity index (χ4v) is 3.83. The van der Waals surface area contributed by atoms with Crippen molar-refractivity contribution in [3.8, 4) is 11.5 Å². The topological polar surface area (TPSA) is 42.8 Å². The number of halogens is 3. The van der Waals surface area contributed by atoms with Gasteiger partial charge in [0.15, 0.2) is 11.5 Å². The second-order valence-electron chi connectivity index (χ2n) is 6.13. The molecule has 0 aliphatic rings. The molecule has 150 valence electrons. The molecule has 0 heterocycles. The van der Waals surface area contributed by atoms with Crippen LogP contribution in [-0.2, 0) is 13.2 Å². The third-order valence-corrected chi connectivity index (χ3v) is 5.78. The first-order valence-electron chi connectivity index (χ1n) is 8.81. The second kappa shape index (κ2) is 10.8. The van der Waals surface area contributed by atoms with Crippen molar-refractivity contribution < 1.29 is 9.47 Å². The Morgan fingerprint density at radius 2 is 1.90 bits per heavy atom. The maximum atomic E-state index is 6.15. The molecule has 0 aromatic heterocycles. The van der Waals surface area contributed by atoms with E-state index in [9.17, 15) is 0 Å². The van der Waals surface area contributed by atoms with Gasteiger partial charge in [-0.2, -0.15) is 5.10 Å². The minimum atomic E-state index is 0.465. The SMILES string of the molecule is COc1cc(/C=N\NCc2ccccc2Cl)cc(I)c1OCc1ccc(Br)cc1. The van der Waals surface area contributed by atoms with E-state index in [1.807, 2.05) is 60.7 Å². The summed E-state index contributed by atoms with van der Waals surface area (Å²) in [5.74, 6) is 1.39. The van der Waals surface area contributed by atoms with Crippen LogP contribution in [0, 0.1) is 3.57 Å². The number of ether oxygens (including phenoxy) is 2. The zero-order valence-electron chi connectivity index (χ0n) is 15.7. The Labute approximate surface area is 197 Å². The van der Waals surface area contributed by atoms with Crippen molar-refractivity contribution in [3.05, 3.63) is 90.4 Å². The van der Waals surface area contributed by atoms with Gasteiger partial charge in [0.1, 0.15) is 6.61 Å². The van der Waals surface area contributed by atoms with Crippen LogP contribution in [0.4, 0.5) is 0 Å². The van der Waals surface area contributed by atoms with Crippen molar-refractivity contribution in [2.24, 2.45) is 5.10 Å². The van der Waals surface area contributed by atoms with E-state index in [1.165, 1.54) is 0 Å². The number of rotatable bonds is 8. The van der Waals surface area contributed by atoms with Crippen molar-refractivity contribution in [2.75, 3.05) is 7.11 Å². The van der Waals surface area contributed by atoms with E-state index in [4.69, 9.17) is 21.1 Å². The number of hydrazone groups is 1. The summed E-state index contributed by atoms with van der Waals surface area (Å²) in [6.07, 6.45) is 1.75. The number of hydrogen-bond donors (Lipinski definition) is 1. The summed E-state index contributed by atoms with van der Waals surface area (Å²) in [7, 11) is 1.63. The lowest BCUT2D eigenvalue weighted by Crippen LogP contribution is -2.06. The molecule has 7 heteroatoms. The van der Waals surface area contributed by atoms with Crippen LogP contribution in [-0.4, -0.2) is 13.3 Å². The molecule has 0 amide bonds. The van der Waals surface area contributed by atoms with Gasteiger partial charge in [-0.05, 0) is 69.6 Å². The predicted molar refractivity (Wildman–Crippen MR) is 130 cm³/mol. The highest BCUT2D eigenvalue weighted by Crippen LogP contribution is 2.34. The van der Waals surface area contributed by atoms with E-state index in [1.54, 1.807) is 13.3 Å². The standard InChI is InChI=1S/C22H19BrClIN2O2/c1-28-21-11-16(12-26-27-13-17-4-2-3-5-19(17)24)10-20(25)22(21)29-14-15-6-8-18(23)9-7-15/h2-12,27H,13-14H2,1H3/b26-12-. The predicted octanol–water partition coefficient (Wildman–Crippen LogP) is 6.42. The number of nitrogens with one attached hydrogen (secondary N) is 1. The van der Waals surface area contributed by atoms with E-state index in [0.717, 1.165) is 35.5 Å². The molecule has 3 rings (SSSR count). The Morgan fingerprint density at radius 1 is 1.14 bits per heavy atom. The molecule has 1 N–H and O–H groups in total. The molecular weight excluding hydrogens is 567 g/mol. The highest BCUT2D eigenvalue weighted by molar-refractivity contribution is 14.1. The molecule has 0 saturated carbocycles. The van der Waals surface area contributed by atoms with Crippen LogP contribution < -0.4 is 14.9 Å². The van der Waals surface area contributed by atoms with E-state index >= 15 is 0 Å². The molecular formula is C22H19BrClIN2O2. The maximum absolute atomic E-state index is 6.15. The number of hydrogen-bond acceptors (Lipinski definition) is 4. The van der Waals surface area contributed by atoms with Crippen LogP contribution in [0.3, 0.4) is 0 Å². The molecule has 3 aromatic rings. The molecule has 0 unspecified atom stereocenters. The van der Waals surface area contributed by atoms with Gasteiger partial charge in [-0.3, -0.25) is 0 Å². The van der Waals surface area contributed by atoms with E-state index in [-0.39, 0.29) is 0 Å². The molecule has 0 saturated heterocycles. The fraction of sp³-hybridized carbons (Fsp3) is 0.136. The van der Waals surface area contributed by atoms with Crippen molar-refractivity contribution in [3.63, 3.8) is 0 Å². The van der Waals surface area contributed by atoms with Crippen LogP contribution in [0.25, 0.3) is 0 Å². The fourth-order valence-electron chi connectivity index (χ4n) is 2.58. The van der Waals surface area contributed by atoms with Gasteiger partial charge in [0, 0.05) is 9.50 Å². The first-order valence-corrected chi connectivity index (χ1v) is 11.1. The van der Waals surface area contributed by atoms with Crippen LogP contribution in [0.5, 0.6) is 11.5 Å². The Balaban J connectivity index is 1.65. The average molecular weight is 586 g/mol. The molecule has 0 radical (unpaired) electrons. The first kappa shape index (κ1) is 21.9. The summed E-state index contributed by atoms with van der Waals surface area (Å²) in [5, 5.41) is 5.01. The quantitative estimate of drug-likeness (QED) is 0.189. The van der Waals surface area contributed by atoms with Crippen molar-refractivity contribution in [1.29, 1.82) is 0 Å². The number of methoxy groups -OCH3 is 1. The van der Waals surface area contributed by atoms with Crippen molar-refractivity contribution in [2.45, 2.75) is 13.2 Å².